The van der Waals surface area contributed by atoms with E-state index in [1.54, 1.807) is 0 Å². The topological polar surface area (TPSA) is 26.7 Å². The molecule has 0 radical (unpaired) electrons. The first-order valence-electron chi connectivity index (χ1n) is 7.88. The van der Waals surface area contributed by atoms with Crippen LogP contribution in [-0.4, -0.2) is 58.3 Å². The third-order valence-corrected chi connectivity index (χ3v) is 5.08. The van der Waals surface area contributed by atoms with Gasteiger partial charge in [0.2, 0.25) is 0 Å². The van der Waals surface area contributed by atoms with Gasteiger partial charge in [-0.15, -0.1) is 0 Å². The highest BCUT2D eigenvalue weighted by Gasteiger charge is 2.40. The summed E-state index contributed by atoms with van der Waals surface area (Å²) in [6.45, 7) is 15.8. The molecule has 2 aliphatic heterocycles. The fraction of sp³-hybridized carbons (Fsp3) is 1.00. The minimum Gasteiger partial charge on any atom is -0.391 e. The van der Waals surface area contributed by atoms with Crippen molar-refractivity contribution in [2.24, 2.45) is 5.92 Å². The Morgan fingerprint density at radius 3 is 2.00 bits per heavy atom. The van der Waals surface area contributed by atoms with Crippen molar-refractivity contribution in [3.63, 3.8) is 0 Å². The summed E-state index contributed by atoms with van der Waals surface area (Å²) >= 11 is 0. The predicted molar refractivity (Wildman–Crippen MR) is 80.3 cm³/mol. The smallest absolute Gasteiger partial charge is 0.0708 e. The molecule has 2 fully saturated rings. The number of nitrogens with zero attached hydrogens (tertiary/aromatic N) is 2. The summed E-state index contributed by atoms with van der Waals surface area (Å²) in [5, 5.41) is 10.4. The molecule has 0 aromatic heterocycles. The van der Waals surface area contributed by atoms with Crippen LogP contribution >= 0.6 is 0 Å². The lowest BCUT2D eigenvalue weighted by Crippen LogP contribution is -2.45. The van der Waals surface area contributed by atoms with Gasteiger partial charge in [-0.2, -0.15) is 0 Å². The fourth-order valence-electron chi connectivity index (χ4n) is 3.70. The maximum absolute atomic E-state index is 10.4. The van der Waals surface area contributed by atoms with Crippen molar-refractivity contribution in [1.82, 2.24) is 9.80 Å². The summed E-state index contributed by atoms with van der Waals surface area (Å²) in [5.74, 6) is 0.426. The first-order valence-corrected chi connectivity index (χ1v) is 7.88. The van der Waals surface area contributed by atoms with Crippen LogP contribution in [0, 0.1) is 5.92 Å². The van der Waals surface area contributed by atoms with E-state index in [0.29, 0.717) is 5.92 Å². The standard InChI is InChI=1S/C16H32N2O/c1-15(2,3)18-11-13(14(19)12-18)10-16(4,5)17-8-6-7-9-17/h13-14,19H,6-12H2,1-5H3. The number of hydrogen-bond donors (Lipinski definition) is 1. The van der Waals surface area contributed by atoms with Crippen LogP contribution in [0.2, 0.25) is 0 Å². The second-order valence-corrected chi connectivity index (χ2v) is 8.11. The third kappa shape index (κ3) is 3.50. The number of aliphatic hydroxyl groups is 1. The molecular weight excluding hydrogens is 236 g/mol. The fourth-order valence-corrected chi connectivity index (χ4v) is 3.70. The van der Waals surface area contributed by atoms with Crippen molar-refractivity contribution >= 4 is 0 Å². The summed E-state index contributed by atoms with van der Waals surface area (Å²) in [4.78, 5) is 5.04. The second kappa shape index (κ2) is 5.34. The first kappa shape index (κ1) is 15.3. The van der Waals surface area contributed by atoms with E-state index in [0.717, 1.165) is 19.5 Å². The van der Waals surface area contributed by atoms with Crippen molar-refractivity contribution in [3.8, 4) is 0 Å². The molecule has 0 spiro atoms. The molecule has 0 aromatic carbocycles. The SMILES string of the molecule is CC(C)(C)N1CC(O)C(CC(C)(C)N2CCCC2)C1. The molecule has 3 heteroatoms. The molecular formula is C16H32N2O. The van der Waals surface area contributed by atoms with E-state index in [-0.39, 0.29) is 17.2 Å². The zero-order valence-electron chi connectivity index (χ0n) is 13.4. The van der Waals surface area contributed by atoms with Crippen LogP contribution in [-0.2, 0) is 0 Å². The van der Waals surface area contributed by atoms with Gasteiger partial charge in [-0.1, -0.05) is 0 Å². The molecule has 0 amide bonds. The van der Waals surface area contributed by atoms with Crippen LogP contribution in [0.25, 0.3) is 0 Å². The largest absolute Gasteiger partial charge is 0.391 e. The van der Waals surface area contributed by atoms with Gasteiger partial charge >= 0.3 is 0 Å². The summed E-state index contributed by atoms with van der Waals surface area (Å²) in [7, 11) is 0. The van der Waals surface area contributed by atoms with Crippen LogP contribution in [0.3, 0.4) is 0 Å². The molecule has 2 unspecified atom stereocenters. The van der Waals surface area contributed by atoms with E-state index in [2.05, 4.69) is 44.4 Å². The van der Waals surface area contributed by atoms with E-state index in [1.807, 2.05) is 0 Å². The molecule has 2 atom stereocenters. The quantitative estimate of drug-likeness (QED) is 0.851. The van der Waals surface area contributed by atoms with Crippen molar-refractivity contribution in [1.29, 1.82) is 0 Å². The highest BCUT2D eigenvalue weighted by molar-refractivity contribution is 4.95. The Labute approximate surface area is 119 Å². The van der Waals surface area contributed by atoms with Gasteiger partial charge in [-0.3, -0.25) is 9.80 Å². The van der Waals surface area contributed by atoms with E-state index in [4.69, 9.17) is 0 Å². The summed E-state index contributed by atoms with van der Waals surface area (Å²) in [6, 6.07) is 0. The second-order valence-electron chi connectivity index (χ2n) is 8.11. The third-order valence-electron chi connectivity index (χ3n) is 5.08. The van der Waals surface area contributed by atoms with Gasteiger partial charge < -0.3 is 5.11 Å². The lowest BCUT2D eigenvalue weighted by atomic mass is 9.87. The molecule has 0 saturated carbocycles. The average Bonchev–Trinajstić information content (AvgIpc) is 2.87. The van der Waals surface area contributed by atoms with Gasteiger partial charge in [0, 0.05) is 30.1 Å². The Bertz CT molecular complexity index is 302. The van der Waals surface area contributed by atoms with Crippen LogP contribution in [0.4, 0.5) is 0 Å². The zero-order chi connectivity index (χ0) is 14.3. The van der Waals surface area contributed by atoms with Crippen LogP contribution in [0.5, 0.6) is 0 Å². The molecule has 112 valence electrons. The Kier molecular flexibility index (Phi) is 4.29. The first-order chi connectivity index (χ1) is 8.70. The number of rotatable bonds is 3. The summed E-state index contributed by atoms with van der Waals surface area (Å²) < 4.78 is 0. The van der Waals surface area contributed by atoms with Crippen LogP contribution in [0.15, 0.2) is 0 Å². The molecule has 3 nitrogen and oxygen atoms in total. The maximum atomic E-state index is 10.4. The molecule has 2 heterocycles. The Hall–Kier alpha value is -0.120. The lowest BCUT2D eigenvalue weighted by molar-refractivity contribution is 0.0776. The van der Waals surface area contributed by atoms with Gasteiger partial charge in [0.25, 0.3) is 0 Å². The molecule has 2 rings (SSSR count). The van der Waals surface area contributed by atoms with Crippen molar-refractivity contribution in [3.05, 3.63) is 0 Å². The molecule has 2 aliphatic rings. The molecule has 0 aliphatic carbocycles. The van der Waals surface area contributed by atoms with Gasteiger partial charge in [0.15, 0.2) is 0 Å². The highest BCUT2D eigenvalue weighted by Crippen LogP contribution is 2.33. The number of likely N-dealkylation sites (tertiary alicyclic amines) is 2. The van der Waals surface area contributed by atoms with Crippen molar-refractivity contribution in [2.45, 2.75) is 71.1 Å². The van der Waals surface area contributed by atoms with E-state index in [9.17, 15) is 5.11 Å². The Balaban J connectivity index is 1.95. The number of hydrogen-bond acceptors (Lipinski definition) is 3. The Morgan fingerprint density at radius 2 is 1.53 bits per heavy atom. The minimum atomic E-state index is -0.152. The maximum Gasteiger partial charge on any atom is 0.0708 e. The predicted octanol–water partition coefficient (Wildman–Crippen LogP) is 2.34. The van der Waals surface area contributed by atoms with E-state index >= 15 is 0 Å². The molecule has 1 N–H and O–H groups in total. The summed E-state index contributed by atoms with van der Waals surface area (Å²) in [6.07, 6.45) is 3.64. The number of aliphatic hydroxyl groups excluding tert-OH is 1. The lowest BCUT2D eigenvalue weighted by Gasteiger charge is -2.38. The summed E-state index contributed by atoms with van der Waals surface area (Å²) in [5.41, 5.74) is 0.406. The van der Waals surface area contributed by atoms with Crippen LogP contribution < -0.4 is 0 Å². The van der Waals surface area contributed by atoms with Crippen LogP contribution in [0.1, 0.15) is 53.9 Å². The molecule has 2 saturated heterocycles. The van der Waals surface area contributed by atoms with Gasteiger partial charge in [-0.05, 0) is 67.0 Å². The van der Waals surface area contributed by atoms with Gasteiger partial charge in [0.05, 0.1) is 6.10 Å². The van der Waals surface area contributed by atoms with Gasteiger partial charge in [-0.25, -0.2) is 0 Å². The number of β-amino-alcohol motifs (C(OH)–C–C–N with tert-alkyl or cyclic N) is 1. The van der Waals surface area contributed by atoms with E-state index in [1.165, 1.54) is 25.9 Å². The van der Waals surface area contributed by atoms with Crippen molar-refractivity contribution in [2.75, 3.05) is 26.2 Å². The monoisotopic (exact) mass is 268 g/mol. The molecule has 0 aromatic rings. The van der Waals surface area contributed by atoms with Crippen molar-refractivity contribution < 1.29 is 5.11 Å². The minimum absolute atomic E-state index is 0.152. The average molecular weight is 268 g/mol. The normalized spacial score (nSPS) is 31.3. The molecule has 19 heavy (non-hydrogen) atoms. The highest BCUT2D eigenvalue weighted by atomic mass is 16.3. The zero-order valence-corrected chi connectivity index (χ0v) is 13.4. The van der Waals surface area contributed by atoms with E-state index < -0.39 is 0 Å². The Morgan fingerprint density at radius 1 is 0.947 bits per heavy atom. The van der Waals surface area contributed by atoms with Gasteiger partial charge in [0.1, 0.15) is 0 Å². The molecule has 0 bridgehead atoms.